The van der Waals surface area contributed by atoms with Gasteiger partial charge in [0.25, 0.3) is 0 Å². The number of rotatable bonds is 4. The lowest BCUT2D eigenvalue weighted by molar-refractivity contribution is -0.125. The van der Waals surface area contributed by atoms with E-state index in [0.717, 1.165) is 23.0 Å². The van der Waals surface area contributed by atoms with E-state index < -0.39 is 0 Å². The Morgan fingerprint density at radius 3 is 2.83 bits per heavy atom. The van der Waals surface area contributed by atoms with E-state index in [1.165, 1.54) is 19.3 Å². The van der Waals surface area contributed by atoms with Crippen molar-refractivity contribution < 1.29 is 4.79 Å². The topological polar surface area (TPSA) is 74.8 Å². The summed E-state index contributed by atoms with van der Waals surface area (Å²) in [5, 5.41) is 14.1. The van der Waals surface area contributed by atoms with Crippen LogP contribution in [0.4, 0.5) is 0 Å². The van der Waals surface area contributed by atoms with Gasteiger partial charge in [-0.2, -0.15) is 5.21 Å². The summed E-state index contributed by atoms with van der Waals surface area (Å²) >= 11 is 0. The fraction of sp³-hybridized carbons (Fsp3) is 0.412. The normalized spacial score (nSPS) is 25.5. The summed E-state index contributed by atoms with van der Waals surface area (Å²) in [7, 11) is 1.92. The second-order valence-corrected chi connectivity index (χ2v) is 6.35. The van der Waals surface area contributed by atoms with E-state index in [-0.39, 0.29) is 5.91 Å². The van der Waals surface area contributed by atoms with Gasteiger partial charge in [0, 0.05) is 24.7 Å². The number of aromatic amines is 1. The molecule has 1 aromatic heterocycles. The van der Waals surface area contributed by atoms with Crippen molar-refractivity contribution >= 4 is 12.0 Å². The molecule has 1 aromatic carbocycles. The van der Waals surface area contributed by atoms with Crippen molar-refractivity contribution in [2.75, 3.05) is 7.05 Å². The summed E-state index contributed by atoms with van der Waals surface area (Å²) in [6, 6.07) is 8.17. The first-order valence-electron chi connectivity index (χ1n) is 8.03. The highest BCUT2D eigenvalue weighted by atomic mass is 16.2. The van der Waals surface area contributed by atoms with Crippen molar-refractivity contribution in [2.24, 2.45) is 11.8 Å². The van der Waals surface area contributed by atoms with Gasteiger partial charge >= 0.3 is 0 Å². The molecule has 118 valence electrons. The van der Waals surface area contributed by atoms with Gasteiger partial charge in [-0.05, 0) is 41.5 Å². The van der Waals surface area contributed by atoms with Gasteiger partial charge in [-0.3, -0.25) is 4.79 Å². The van der Waals surface area contributed by atoms with Gasteiger partial charge in [-0.1, -0.05) is 30.7 Å². The van der Waals surface area contributed by atoms with Crippen LogP contribution < -0.4 is 0 Å². The maximum absolute atomic E-state index is 12.4. The Bertz CT molecular complexity index is 729. The number of amides is 1. The predicted molar refractivity (Wildman–Crippen MR) is 86.0 cm³/mol. The first-order chi connectivity index (χ1) is 11.3. The molecule has 0 aliphatic heterocycles. The molecule has 0 bridgehead atoms. The molecule has 2 fully saturated rings. The first kappa shape index (κ1) is 14.1. The minimum atomic E-state index is 0.0623. The van der Waals surface area contributed by atoms with Crippen LogP contribution in [0.25, 0.3) is 17.5 Å². The van der Waals surface area contributed by atoms with Gasteiger partial charge in [0.2, 0.25) is 11.7 Å². The van der Waals surface area contributed by atoms with E-state index in [1.807, 2.05) is 42.3 Å². The molecule has 6 heteroatoms. The number of fused-ring (bicyclic) bond motifs is 1. The monoisotopic (exact) mass is 309 g/mol. The number of carbonyl (C=O) groups is 1. The van der Waals surface area contributed by atoms with E-state index in [9.17, 15) is 4.79 Å². The molecule has 2 aliphatic rings. The molecule has 2 saturated carbocycles. The Kier molecular flexibility index (Phi) is 3.44. The molecular weight excluding hydrogens is 290 g/mol. The van der Waals surface area contributed by atoms with Crippen LogP contribution >= 0.6 is 0 Å². The van der Waals surface area contributed by atoms with Gasteiger partial charge in [0.15, 0.2) is 0 Å². The summed E-state index contributed by atoms with van der Waals surface area (Å²) in [5.41, 5.74) is 1.77. The molecule has 1 N–H and O–H groups in total. The molecule has 1 amide bonds. The van der Waals surface area contributed by atoms with E-state index in [1.54, 1.807) is 6.08 Å². The molecule has 23 heavy (non-hydrogen) atoms. The molecule has 0 radical (unpaired) electrons. The fourth-order valence-corrected chi connectivity index (χ4v) is 3.91. The van der Waals surface area contributed by atoms with E-state index in [2.05, 4.69) is 20.6 Å². The highest BCUT2D eigenvalue weighted by Gasteiger charge is 2.55. The summed E-state index contributed by atoms with van der Waals surface area (Å²) < 4.78 is 0. The van der Waals surface area contributed by atoms with Crippen molar-refractivity contribution in [2.45, 2.75) is 25.3 Å². The standard InChI is InChI=1S/C17H19N5O/c1-22(16-13-7-4-8-14(13)16)15(23)10-9-11-5-2-3-6-12(11)17-18-20-21-19-17/h2-3,5-6,9-10,13-14,16H,4,7-8H2,1H3,(H,18,19,20,21)/b10-9+. The van der Waals surface area contributed by atoms with Crippen molar-refractivity contribution in [3.8, 4) is 11.4 Å². The third-order valence-electron chi connectivity index (χ3n) is 5.11. The van der Waals surface area contributed by atoms with Crippen LogP contribution in [0.3, 0.4) is 0 Å². The smallest absolute Gasteiger partial charge is 0.246 e. The Morgan fingerprint density at radius 1 is 1.30 bits per heavy atom. The molecule has 0 spiro atoms. The van der Waals surface area contributed by atoms with Gasteiger partial charge in [0.05, 0.1) is 0 Å². The lowest BCUT2D eigenvalue weighted by atomic mass is 10.1. The lowest BCUT2D eigenvalue weighted by Gasteiger charge is -2.17. The Morgan fingerprint density at radius 2 is 2.09 bits per heavy atom. The SMILES string of the molecule is CN(C(=O)/C=C/c1ccccc1-c1nn[nH]n1)C1C2CCCC21. The Balaban J connectivity index is 1.50. The minimum Gasteiger partial charge on any atom is -0.339 e. The van der Waals surface area contributed by atoms with Crippen LogP contribution in [0.5, 0.6) is 0 Å². The molecule has 6 nitrogen and oxygen atoms in total. The zero-order valence-electron chi connectivity index (χ0n) is 13.0. The summed E-state index contributed by atoms with van der Waals surface area (Å²) in [5.74, 6) is 2.07. The molecule has 2 aliphatic carbocycles. The average molecular weight is 309 g/mol. The third kappa shape index (κ3) is 2.54. The van der Waals surface area contributed by atoms with Crippen molar-refractivity contribution in [3.05, 3.63) is 35.9 Å². The molecule has 1 heterocycles. The maximum atomic E-state index is 12.4. The molecule has 0 saturated heterocycles. The van der Waals surface area contributed by atoms with E-state index in [4.69, 9.17) is 0 Å². The number of tetrazole rings is 1. The second-order valence-electron chi connectivity index (χ2n) is 6.35. The van der Waals surface area contributed by atoms with Crippen LogP contribution in [0.2, 0.25) is 0 Å². The van der Waals surface area contributed by atoms with Crippen LogP contribution in [-0.2, 0) is 4.79 Å². The maximum Gasteiger partial charge on any atom is 0.246 e. The summed E-state index contributed by atoms with van der Waals surface area (Å²) in [6.45, 7) is 0. The molecule has 2 atom stereocenters. The van der Waals surface area contributed by atoms with E-state index in [0.29, 0.717) is 11.9 Å². The highest BCUT2D eigenvalue weighted by Crippen LogP contribution is 2.54. The number of hydrogen-bond acceptors (Lipinski definition) is 4. The van der Waals surface area contributed by atoms with Crippen LogP contribution in [0.15, 0.2) is 30.3 Å². The van der Waals surface area contributed by atoms with Crippen molar-refractivity contribution in [1.82, 2.24) is 25.5 Å². The number of hydrogen-bond donors (Lipinski definition) is 1. The summed E-state index contributed by atoms with van der Waals surface area (Å²) in [4.78, 5) is 14.3. The Labute approximate surface area is 134 Å². The molecule has 4 rings (SSSR count). The van der Waals surface area contributed by atoms with E-state index >= 15 is 0 Å². The average Bonchev–Trinajstić information content (AvgIpc) is 3.01. The number of nitrogens with one attached hydrogen (secondary N) is 1. The van der Waals surface area contributed by atoms with Gasteiger partial charge in [-0.15, -0.1) is 10.2 Å². The fourth-order valence-electron chi connectivity index (χ4n) is 3.91. The van der Waals surface area contributed by atoms with Gasteiger partial charge in [-0.25, -0.2) is 0 Å². The quantitative estimate of drug-likeness (QED) is 0.878. The number of benzene rings is 1. The molecule has 2 aromatic rings. The predicted octanol–water partition coefficient (Wildman–Crippen LogP) is 2.14. The molecule has 2 unspecified atom stereocenters. The molecular formula is C17H19N5O. The van der Waals surface area contributed by atoms with Gasteiger partial charge < -0.3 is 4.90 Å². The zero-order valence-corrected chi connectivity index (χ0v) is 13.0. The third-order valence-corrected chi connectivity index (χ3v) is 5.11. The van der Waals surface area contributed by atoms with Crippen LogP contribution in [-0.4, -0.2) is 44.5 Å². The van der Waals surface area contributed by atoms with Crippen molar-refractivity contribution in [3.63, 3.8) is 0 Å². The minimum absolute atomic E-state index is 0.0623. The number of likely N-dealkylation sites (N-methyl/N-ethyl adjacent to an activating group) is 1. The van der Waals surface area contributed by atoms with Crippen LogP contribution in [0, 0.1) is 11.8 Å². The number of H-pyrrole nitrogens is 1. The van der Waals surface area contributed by atoms with Gasteiger partial charge in [0.1, 0.15) is 0 Å². The summed E-state index contributed by atoms with van der Waals surface area (Å²) in [6.07, 6.45) is 7.35. The number of aromatic nitrogens is 4. The lowest BCUT2D eigenvalue weighted by Crippen LogP contribution is -2.29. The highest BCUT2D eigenvalue weighted by molar-refractivity contribution is 5.93. The zero-order chi connectivity index (χ0) is 15.8. The largest absolute Gasteiger partial charge is 0.339 e. The van der Waals surface area contributed by atoms with Crippen LogP contribution in [0.1, 0.15) is 24.8 Å². The van der Waals surface area contributed by atoms with Crippen molar-refractivity contribution in [1.29, 1.82) is 0 Å². The second kappa shape index (κ2) is 5.61. The first-order valence-corrected chi connectivity index (χ1v) is 8.03. The Hall–Kier alpha value is -2.50. The number of nitrogens with zero attached hydrogens (tertiary/aromatic N) is 4. The number of carbonyl (C=O) groups excluding carboxylic acids is 1.